The first-order valence-electron chi connectivity index (χ1n) is 6.90. The monoisotopic (exact) mass is 220 g/mol. The van der Waals surface area contributed by atoms with E-state index in [0.29, 0.717) is 17.8 Å². The fraction of sp³-hybridized carbons (Fsp3) is 0.867. The molecule has 0 radical (unpaired) electrons. The molecule has 3 aliphatic rings. The van der Waals surface area contributed by atoms with E-state index < -0.39 is 0 Å². The molecule has 3 rings (SSSR count). The van der Waals surface area contributed by atoms with Crippen molar-refractivity contribution in [3.63, 3.8) is 0 Å². The van der Waals surface area contributed by atoms with Crippen molar-refractivity contribution >= 4 is 0 Å². The van der Waals surface area contributed by atoms with Crippen LogP contribution in [0.15, 0.2) is 12.2 Å². The summed E-state index contributed by atoms with van der Waals surface area (Å²) < 4.78 is 0. The molecule has 2 fully saturated rings. The predicted molar refractivity (Wildman–Crippen MR) is 65.9 cm³/mol. The van der Waals surface area contributed by atoms with Gasteiger partial charge in [-0.2, -0.15) is 0 Å². The van der Waals surface area contributed by atoms with Gasteiger partial charge in [-0.1, -0.05) is 32.9 Å². The molecule has 4 bridgehead atoms. The highest BCUT2D eigenvalue weighted by atomic mass is 16.3. The van der Waals surface area contributed by atoms with E-state index in [0.717, 1.165) is 11.8 Å². The number of allylic oxidation sites excluding steroid dienone is 2. The van der Waals surface area contributed by atoms with Crippen molar-refractivity contribution < 1.29 is 5.11 Å². The molecule has 0 aromatic carbocycles. The van der Waals surface area contributed by atoms with Gasteiger partial charge in [-0.15, -0.1) is 0 Å². The van der Waals surface area contributed by atoms with Crippen LogP contribution >= 0.6 is 0 Å². The Labute approximate surface area is 98.9 Å². The topological polar surface area (TPSA) is 20.2 Å². The molecule has 90 valence electrons. The van der Waals surface area contributed by atoms with Gasteiger partial charge in [0.2, 0.25) is 0 Å². The van der Waals surface area contributed by atoms with Crippen molar-refractivity contribution in [1.29, 1.82) is 0 Å². The lowest BCUT2D eigenvalue weighted by Gasteiger charge is -2.55. The summed E-state index contributed by atoms with van der Waals surface area (Å²) in [6, 6.07) is 0. The van der Waals surface area contributed by atoms with E-state index in [2.05, 4.69) is 32.9 Å². The Balaban J connectivity index is 1.98. The number of fused-ring (bicyclic) bond motifs is 6. The Morgan fingerprint density at radius 1 is 1.31 bits per heavy atom. The number of hydrogen-bond acceptors (Lipinski definition) is 1. The van der Waals surface area contributed by atoms with Crippen LogP contribution in [-0.4, -0.2) is 11.2 Å². The summed E-state index contributed by atoms with van der Waals surface area (Å²) in [4.78, 5) is 0. The van der Waals surface area contributed by atoms with Gasteiger partial charge < -0.3 is 5.11 Å². The van der Waals surface area contributed by atoms with Crippen molar-refractivity contribution in [1.82, 2.24) is 0 Å². The van der Waals surface area contributed by atoms with E-state index >= 15 is 0 Å². The van der Waals surface area contributed by atoms with Crippen molar-refractivity contribution in [2.45, 2.75) is 46.1 Å². The van der Waals surface area contributed by atoms with Crippen LogP contribution < -0.4 is 0 Å². The Morgan fingerprint density at radius 2 is 2.06 bits per heavy atom. The highest BCUT2D eigenvalue weighted by Crippen LogP contribution is 2.60. The van der Waals surface area contributed by atoms with Crippen molar-refractivity contribution in [3.8, 4) is 0 Å². The van der Waals surface area contributed by atoms with Gasteiger partial charge in [-0.25, -0.2) is 0 Å². The lowest BCUT2D eigenvalue weighted by Crippen LogP contribution is -2.55. The van der Waals surface area contributed by atoms with Gasteiger partial charge in [0.25, 0.3) is 0 Å². The number of aliphatic hydroxyl groups excluding tert-OH is 1. The summed E-state index contributed by atoms with van der Waals surface area (Å²) in [7, 11) is 0. The summed E-state index contributed by atoms with van der Waals surface area (Å²) in [6.45, 7) is 6.97. The van der Waals surface area contributed by atoms with Gasteiger partial charge >= 0.3 is 0 Å². The summed E-state index contributed by atoms with van der Waals surface area (Å²) in [6.07, 6.45) is 8.59. The summed E-state index contributed by atoms with van der Waals surface area (Å²) in [5, 5.41) is 10.7. The third-order valence-electron chi connectivity index (χ3n) is 5.87. The molecule has 0 aromatic rings. The molecule has 0 aliphatic heterocycles. The maximum atomic E-state index is 10.7. The molecule has 1 N–H and O–H groups in total. The smallest absolute Gasteiger partial charge is 0.0635 e. The third kappa shape index (κ3) is 1.21. The fourth-order valence-corrected chi connectivity index (χ4v) is 4.73. The molecule has 1 nitrogen and oxygen atoms in total. The maximum Gasteiger partial charge on any atom is 0.0635 e. The zero-order valence-corrected chi connectivity index (χ0v) is 10.7. The molecule has 1 heteroatoms. The molecule has 2 saturated carbocycles. The first-order chi connectivity index (χ1) is 7.54. The lowest BCUT2D eigenvalue weighted by molar-refractivity contribution is -0.137. The van der Waals surface area contributed by atoms with Crippen LogP contribution in [-0.2, 0) is 0 Å². The Kier molecular flexibility index (Phi) is 2.27. The number of hydrogen-bond donors (Lipinski definition) is 1. The largest absolute Gasteiger partial charge is 0.392 e. The Hall–Kier alpha value is -0.300. The molecule has 0 aromatic heterocycles. The molecule has 0 heterocycles. The first-order valence-corrected chi connectivity index (χ1v) is 6.90. The van der Waals surface area contributed by atoms with E-state index in [9.17, 15) is 5.11 Å². The second-order valence-electron chi connectivity index (χ2n) is 6.87. The van der Waals surface area contributed by atoms with E-state index in [1.807, 2.05) is 0 Å². The highest BCUT2D eigenvalue weighted by molar-refractivity contribution is 5.19. The molecule has 16 heavy (non-hydrogen) atoms. The van der Waals surface area contributed by atoms with Crippen LogP contribution in [0.1, 0.15) is 40.0 Å². The first kappa shape index (κ1) is 10.8. The standard InChI is InChI=1S/C15H24O/c1-9(2)12-6-7-15(3)11-5-4-10(8-11)13(12)14(15)16/h4-5,9-14,16H,6-8H2,1-3H3/t10-,11+,12-,13+,14?,15-/m0/s1. The summed E-state index contributed by atoms with van der Waals surface area (Å²) in [5.74, 6) is 3.30. The van der Waals surface area contributed by atoms with Gasteiger partial charge in [0.1, 0.15) is 0 Å². The van der Waals surface area contributed by atoms with E-state index in [1.165, 1.54) is 19.3 Å². The summed E-state index contributed by atoms with van der Waals surface area (Å²) in [5.41, 5.74) is 0.180. The number of rotatable bonds is 1. The van der Waals surface area contributed by atoms with Crippen LogP contribution in [0, 0.1) is 35.0 Å². The van der Waals surface area contributed by atoms with Gasteiger partial charge in [-0.3, -0.25) is 0 Å². The SMILES string of the molecule is CC(C)[C@@H]1CC[C@]2(C)C(O)[C@@H]1[C@H]1C=C[C@@H]2C1. The van der Waals surface area contributed by atoms with Gasteiger partial charge in [-0.05, 0) is 48.9 Å². The Bertz CT molecular complexity index is 319. The molecule has 1 unspecified atom stereocenters. The lowest BCUT2D eigenvalue weighted by atomic mass is 9.51. The van der Waals surface area contributed by atoms with Gasteiger partial charge in [0.15, 0.2) is 0 Å². The van der Waals surface area contributed by atoms with Crippen LogP contribution in [0.4, 0.5) is 0 Å². The average Bonchev–Trinajstić information content (AvgIpc) is 2.67. The van der Waals surface area contributed by atoms with Crippen molar-refractivity contribution in [3.05, 3.63) is 12.2 Å². The van der Waals surface area contributed by atoms with E-state index in [4.69, 9.17) is 0 Å². The predicted octanol–water partition coefficient (Wildman–Crippen LogP) is 3.24. The molecule has 3 aliphatic carbocycles. The minimum Gasteiger partial charge on any atom is -0.392 e. The molecular formula is C15H24O. The normalized spacial score (nSPS) is 54.7. The van der Waals surface area contributed by atoms with Crippen LogP contribution in [0.2, 0.25) is 0 Å². The minimum absolute atomic E-state index is 0.0626. The summed E-state index contributed by atoms with van der Waals surface area (Å²) >= 11 is 0. The molecule has 0 spiro atoms. The molecular weight excluding hydrogens is 196 g/mol. The van der Waals surface area contributed by atoms with Crippen molar-refractivity contribution in [2.75, 3.05) is 0 Å². The molecule has 6 atom stereocenters. The fourth-order valence-electron chi connectivity index (χ4n) is 4.73. The number of aliphatic hydroxyl groups is 1. The average molecular weight is 220 g/mol. The highest BCUT2D eigenvalue weighted by Gasteiger charge is 2.57. The van der Waals surface area contributed by atoms with Crippen LogP contribution in [0.5, 0.6) is 0 Å². The van der Waals surface area contributed by atoms with Gasteiger partial charge in [0, 0.05) is 5.41 Å². The zero-order chi connectivity index (χ0) is 11.5. The maximum absolute atomic E-state index is 10.7. The molecule has 0 amide bonds. The van der Waals surface area contributed by atoms with Crippen LogP contribution in [0.3, 0.4) is 0 Å². The second kappa shape index (κ2) is 3.35. The zero-order valence-electron chi connectivity index (χ0n) is 10.7. The van der Waals surface area contributed by atoms with Crippen LogP contribution in [0.25, 0.3) is 0 Å². The van der Waals surface area contributed by atoms with Gasteiger partial charge in [0.05, 0.1) is 6.10 Å². The third-order valence-corrected chi connectivity index (χ3v) is 5.87. The second-order valence-corrected chi connectivity index (χ2v) is 6.87. The molecule has 0 saturated heterocycles. The quantitative estimate of drug-likeness (QED) is 0.673. The minimum atomic E-state index is -0.0626. The van der Waals surface area contributed by atoms with E-state index in [-0.39, 0.29) is 11.5 Å². The van der Waals surface area contributed by atoms with Crippen molar-refractivity contribution in [2.24, 2.45) is 35.0 Å². The van der Waals surface area contributed by atoms with E-state index in [1.54, 1.807) is 0 Å². The Morgan fingerprint density at radius 3 is 2.75 bits per heavy atom.